The average Bonchev–Trinajstić information content (AvgIpc) is 2.96. The van der Waals surface area contributed by atoms with Gasteiger partial charge in [0.1, 0.15) is 0 Å². The minimum Gasteiger partial charge on any atom is -0.384 e. The lowest BCUT2D eigenvalue weighted by Gasteiger charge is -2.24. The molecular formula is C16H25N3O2. The molecule has 1 heterocycles. The molecule has 2 atom stereocenters. The number of ether oxygens (including phenoxy) is 1. The highest BCUT2D eigenvalue weighted by Gasteiger charge is 2.29. The molecule has 0 spiro atoms. The van der Waals surface area contributed by atoms with Gasteiger partial charge in [-0.3, -0.25) is 9.69 Å². The number of anilines is 1. The third-order valence-corrected chi connectivity index (χ3v) is 4.14. The Hall–Kier alpha value is -1.43. The summed E-state index contributed by atoms with van der Waals surface area (Å²) < 4.78 is 5.20. The Labute approximate surface area is 126 Å². The first-order valence-electron chi connectivity index (χ1n) is 7.47. The number of nitrogens with one attached hydrogen (secondary N) is 1. The number of methoxy groups -OCH3 is 1. The van der Waals surface area contributed by atoms with Gasteiger partial charge in [0.15, 0.2) is 0 Å². The largest absolute Gasteiger partial charge is 0.384 e. The number of para-hydroxylation sites is 1. The Balaban J connectivity index is 1.94. The second kappa shape index (κ2) is 7.54. The maximum atomic E-state index is 12.4. The third kappa shape index (κ3) is 4.03. The molecule has 21 heavy (non-hydrogen) atoms. The molecule has 1 aliphatic rings. The van der Waals surface area contributed by atoms with Gasteiger partial charge in [0.2, 0.25) is 5.91 Å². The molecule has 1 saturated heterocycles. The fraction of sp³-hybridized carbons (Fsp3) is 0.562. The summed E-state index contributed by atoms with van der Waals surface area (Å²) in [6.07, 6.45) is 1.09. The van der Waals surface area contributed by atoms with E-state index in [1.807, 2.05) is 31.2 Å². The number of carbonyl (C=O) groups is 1. The Morgan fingerprint density at radius 2 is 2.29 bits per heavy atom. The molecule has 1 aromatic carbocycles. The van der Waals surface area contributed by atoms with E-state index in [2.05, 4.69) is 10.2 Å². The topological polar surface area (TPSA) is 67.6 Å². The standard InChI is InChI=1S/C16H25N3O2/c1-12(19-8-7-13(10-19)11-21-2)16(20)18-15-6-4-3-5-14(15)9-17/h3-6,12-13H,7-11,17H2,1-2H3,(H,18,20). The number of benzene rings is 1. The minimum absolute atomic E-state index is 0.0222. The van der Waals surface area contributed by atoms with Crippen LogP contribution in [0.3, 0.4) is 0 Å². The Bertz CT molecular complexity index is 478. The molecule has 1 aliphatic heterocycles. The predicted molar refractivity (Wildman–Crippen MR) is 84.0 cm³/mol. The van der Waals surface area contributed by atoms with Crippen molar-refractivity contribution in [3.05, 3.63) is 29.8 Å². The number of nitrogens with zero attached hydrogens (tertiary/aromatic N) is 1. The summed E-state index contributed by atoms with van der Waals surface area (Å²) >= 11 is 0. The number of hydrogen-bond donors (Lipinski definition) is 2. The van der Waals surface area contributed by atoms with Crippen molar-refractivity contribution in [3.63, 3.8) is 0 Å². The van der Waals surface area contributed by atoms with E-state index in [0.29, 0.717) is 12.5 Å². The fourth-order valence-electron chi connectivity index (χ4n) is 2.81. The number of carbonyl (C=O) groups excluding carboxylic acids is 1. The monoisotopic (exact) mass is 291 g/mol. The van der Waals surface area contributed by atoms with Crippen molar-refractivity contribution in [3.8, 4) is 0 Å². The van der Waals surface area contributed by atoms with E-state index in [0.717, 1.165) is 37.4 Å². The Kier molecular flexibility index (Phi) is 5.73. The van der Waals surface area contributed by atoms with Crippen LogP contribution in [0.5, 0.6) is 0 Å². The van der Waals surface area contributed by atoms with Gasteiger partial charge in [-0.1, -0.05) is 18.2 Å². The fourth-order valence-corrected chi connectivity index (χ4v) is 2.81. The number of amides is 1. The van der Waals surface area contributed by atoms with Crippen molar-refractivity contribution >= 4 is 11.6 Å². The van der Waals surface area contributed by atoms with E-state index in [1.165, 1.54) is 0 Å². The van der Waals surface area contributed by atoms with Crippen LogP contribution in [-0.2, 0) is 16.1 Å². The van der Waals surface area contributed by atoms with E-state index >= 15 is 0 Å². The molecule has 0 bridgehead atoms. The molecule has 1 amide bonds. The Morgan fingerprint density at radius 3 is 3.00 bits per heavy atom. The maximum Gasteiger partial charge on any atom is 0.241 e. The number of hydrogen-bond acceptors (Lipinski definition) is 4. The van der Waals surface area contributed by atoms with E-state index in [1.54, 1.807) is 7.11 Å². The van der Waals surface area contributed by atoms with Crippen LogP contribution in [0.1, 0.15) is 18.9 Å². The average molecular weight is 291 g/mol. The summed E-state index contributed by atoms with van der Waals surface area (Å²) in [6, 6.07) is 7.52. The summed E-state index contributed by atoms with van der Waals surface area (Å²) in [6.45, 7) is 5.00. The molecule has 2 unspecified atom stereocenters. The quantitative estimate of drug-likeness (QED) is 0.832. The second-order valence-corrected chi connectivity index (χ2v) is 5.63. The summed E-state index contributed by atoms with van der Waals surface area (Å²) in [7, 11) is 1.72. The highest BCUT2D eigenvalue weighted by Crippen LogP contribution is 2.20. The van der Waals surface area contributed by atoms with Gasteiger partial charge in [-0.25, -0.2) is 0 Å². The van der Waals surface area contributed by atoms with Crippen molar-refractivity contribution in [1.29, 1.82) is 0 Å². The van der Waals surface area contributed by atoms with Crippen LogP contribution >= 0.6 is 0 Å². The lowest BCUT2D eigenvalue weighted by atomic mass is 10.1. The van der Waals surface area contributed by atoms with E-state index in [4.69, 9.17) is 10.5 Å². The second-order valence-electron chi connectivity index (χ2n) is 5.63. The first-order chi connectivity index (χ1) is 10.2. The Morgan fingerprint density at radius 1 is 1.52 bits per heavy atom. The van der Waals surface area contributed by atoms with Gasteiger partial charge < -0.3 is 15.8 Å². The number of rotatable bonds is 6. The van der Waals surface area contributed by atoms with Gasteiger partial charge in [-0.2, -0.15) is 0 Å². The van der Waals surface area contributed by atoms with Gasteiger partial charge in [0.05, 0.1) is 12.6 Å². The van der Waals surface area contributed by atoms with Crippen molar-refractivity contribution in [2.24, 2.45) is 11.7 Å². The van der Waals surface area contributed by atoms with E-state index in [9.17, 15) is 4.79 Å². The number of likely N-dealkylation sites (tertiary alicyclic amines) is 1. The molecule has 2 rings (SSSR count). The first kappa shape index (κ1) is 15.9. The summed E-state index contributed by atoms with van der Waals surface area (Å²) in [5.74, 6) is 0.551. The molecule has 1 aromatic rings. The molecule has 0 radical (unpaired) electrons. The molecule has 1 fully saturated rings. The number of nitrogens with two attached hydrogens (primary N) is 1. The van der Waals surface area contributed by atoms with E-state index < -0.39 is 0 Å². The lowest BCUT2D eigenvalue weighted by Crippen LogP contribution is -2.41. The molecule has 5 nitrogen and oxygen atoms in total. The highest BCUT2D eigenvalue weighted by atomic mass is 16.5. The zero-order valence-corrected chi connectivity index (χ0v) is 12.8. The zero-order chi connectivity index (χ0) is 15.2. The molecular weight excluding hydrogens is 266 g/mol. The van der Waals surface area contributed by atoms with Crippen molar-refractivity contribution in [1.82, 2.24) is 4.90 Å². The van der Waals surface area contributed by atoms with Gasteiger partial charge >= 0.3 is 0 Å². The lowest BCUT2D eigenvalue weighted by molar-refractivity contribution is -0.120. The van der Waals surface area contributed by atoms with Crippen molar-refractivity contribution < 1.29 is 9.53 Å². The summed E-state index contributed by atoms with van der Waals surface area (Å²) in [5, 5.41) is 2.99. The van der Waals surface area contributed by atoms with Crippen LogP contribution in [0.2, 0.25) is 0 Å². The van der Waals surface area contributed by atoms with Gasteiger partial charge in [-0.15, -0.1) is 0 Å². The third-order valence-electron chi connectivity index (χ3n) is 4.14. The maximum absolute atomic E-state index is 12.4. The van der Waals surface area contributed by atoms with Crippen LogP contribution in [0, 0.1) is 5.92 Å². The van der Waals surface area contributed by atoms with Gasteiger partial charge in [0, 0.05) is 25.9 Å². The van der Waals surface area contributed by atoms with Crippen LogP contribution in [0.15, 0.2) is 24.3 Å². The molecule has 0 aliphatic carbocycles. The minimum atomic E-state index is -0.141. The molecule has 0 saturated carbocycles. The van der Waals surface area contributed by atoms with Gasteiger partial charge in [0.25, 0.3) is 0 Å². The molecule has 0 aromatic heterocycles. The predicted octanol–water partition coefficient (Wildman–Crippen LogP) is 1.44. The first-order valence-corrected chi connectivity index (χ1v) is 7.47. The van der Waals surface area contributed by atoms with Crippen molar-refractivity contribution in [2.75, 3.05) is 32.1 Å². The van der Waals surface area contributed by atoms with Crippen LogP contribution in [0.4, 0.5) is 5.69 Å². The smallest absolute Gasteiger partial charge is 0.241 e. The van der Waals surface area contributed by atoms with Crippen molar-refractivity contribution in [2.45, 2.75) is 25.9 Å². The van der Waals surface area contributed by atoms with Crippen LogP contribution < -0.4 is 11.1 Å². The summed E-state index contributed by atoms with van der Waals surface area (Å²) in [4.78, 5) is 14.6. The van der Waals surface area contributed by atoms with Gasteiger partial charge in [-0.05, 0) is 37.4 Å². The normalized spacial score (nSPS) is 20.4. The van der Waals surface area contributed by atoms with Crippen LogP contribution in [-0.4, -0.2) is 43.7 Å². The van der Waals surface area contributed by atoms with Crippen LogP contribution in [0.25, 0.3) is 0 Å². The molecule has 3 N–H and O–H groups in total. The SMILES string of the molecule is COCC1CCN(C(C)C(=O)Nc2ccccc2CN)C1. The molecule has 116 valence electrons. The zero-order valence-electron chi connectivity index (χ0n) is 12.8. The van der Waals surface area contributed by atoms with E-state index in [-0.39, 0.29) is 11.9 Å². The molecule has 5 heteroatoms. The summed E-state index contributed by atoms with van der Waals surface area (Å²) in [5.41, 5.74) is 7.47. The highest BCUT2D eigenvalue weighted by molar-refractivity contribution is 5.95.